The summed E-state index contributed by atoms with van der Waals surface area (Å²) in [6, 6.07) is 7.58. The zero-order valence-electron chi connectivity index (χ0n) is 11.2. The third-order valence-corrected chi connectivity index (χ3v) is 3.30. The van der Waals surface area contributed by atoms with E-state index in [1.54, 1.807) is 12.0 Å². The Morgan fingerprint density at radius 1 is 1.42 bits per heavy atom. The van der Waals surface area contributed by atoms with Crippen molar-refractivity contribution in [3.63, 3.8) is 0 Å². The van der Waals surface area contributed by atoms with Crippen molar-refractivity contribution in [2.45, 2.75) is 13.5 Å². The highest BCUT2D eigenvalue weighted by molar-refractivity contribution is 5.83. The minimum absolute atomic E-state index is 0.000296. The van der Waals surface area contributed by atoms with Gasteiger partial charge in [0.25, 0.3) is 0 Å². The fraction of sp³-hybridized carbons (Fsp3) is 0.429. The average molecular weight is 262 g/mol. The maximum atomic E-state index is 11.8. The molecule has 1 heterocycles. The second-order valence-corrected chi connectivity index (χ2v) is 4.69. The lowest BCUT2D eigenvalue weighted by molar-refractivity contribution is -0.141. The third-order valence-electron chi connectivity index (χ3n) is 3.30. The number of nitrogens with zero attached hydrogens (tertiary/aromatic N) is 1. The zero-order chi connectivity index (χ0) is 13.8. The fourth-order valence-electron chi connectivity index (χ4n) is 2.02. The predicted molar refractivity (Wildman–Crippen MR) is 70.6 cm³/mol. The van der Waals surface area contributed by atoms with Gasteiger partial charge in [0.15, 0.2) is 0 Å². The summed E-state index contributed by atoms with van der Waals surface area (Å²) in [5.74, 6) is 0.727. The van der Waals surface area contributed by atoms with E-state index in [-0.39, 0.29) is 17.7 Å². The first-order valence-electron chi connectivity index (χ1n) is 6.26. The maximum Gasteiger partial charge on any atom is 0.226 e. The Morgan fingerprint density at radius 3 is 2.79 bits per heavy atom. The van der Waals surface area contributed by atoms with Gasteiger partial charge >= 0.3 is 0 Å². The lowest BCUT2D eigenvalue weighted by Crippen LogP contribution is -2.55. The fourth-order valence-corrected chi connectivity index (χ4v) is 2.02. The number of methoxy groups -OCH3 is 1. The van der Waals surface area contributed by atoms with Crippen molar-refractivity contribution in [3.05, 3.63) is 29.8 Å². The summed E-state index contributed by atoms with van der Waals surface area (Å²) < 4.78 is 5.13. The van der Waals surface area contributed by atoms with Crippen molar-refractivity contribution in [1.82, 2.24) is 10.2 Å². The van der Waals surface area contributed by atoms with Crippen LogP contribution in [0.1, 0.15) is 12.5 Å². The first-order valence-corrected chi connectivity index (χ1v) is 6.26. The Balaban J connectivity index is 1.79. The monoisotopic (exact) mass is 262 g/mol. The topological polar surface area (TPSA) is 58.6 Å². The van der Waals surface area contributed by atoms with Crippen molar-refractivity contribution in [1.29, 1.82) is 0 Å². The molecule has 2 rings (SSSR count). The van der Waals surface area contributed by atoms with Crippen LogP contribution in [0, 0.1) is 5.92 Å². The van der Waals surface area contributed by atoms with Crippen LogP contribution in [0.5, 0.6) is 5.75 Å². The van der Waals surface area contributed by atoms with Crippen LogP contribution in [-0.4, -0.2) is 36.9 Å². The number of amides is 2. The molecule has 5 nitrogen and oxygen atoms in total. The minimum Gasteiger partial charge on any atom is -0.497 e. The SMILES string of the molecule is COc1cccc(CNC(=O)C2CN(C(C)=O)C2)c1. The highest BCUT2D eigenvalue weighted by Gasteiger charge is 2.33. The van der Waals surface area contributed by atoms with Gasteiger partial charge in [-0.05, 0) is 17.7 Å². The van der Waals surface area contributed by atoms with Crippen molar-refractivity contribution in [2.24, 2.45) is 5.92 Å². The van der Waals surface area contributed by atoms with Gasteiger partial charge in [-0.3, -0.25) is 9.59 Å². The van der Waals surface area contributed by atoms with E-state index in [0.29, 0.717) is 19.6 Å². The molecule has 1 saturated heterocycles. The lowest BCUT2D eigenvalue weighted by Gasteiger charge is -2.37. The largest absolute Gasteiger partial charge is 0.497 e. The third kappa shape index (κ3) is 3.24. The number of rotatable bonds is 4. The molecule has 0 atom stereocenters. The summed E-state index contributed by atoms with van der Waals surface area (Å²) in [5.41, 5.74) is 0.996. The van der Waals surface area contributed by atoms with Crippen LogP contribution in [0.3, 0.4) is 0 Å². The molecule has 1 N–H and O–H groups in total. The van der Waals surface area contributed by atoms with Gasteiger partial charge in [-0.25, -0.2) is 0 Å². The normalized spacial score (nSPS) is 14.7. The maximum absolute atomic E-state index is 11.8. The minimum atomic E-state index is -0.0745. The van der Waals surface area contributed by atoms with Gasteiger partial charge in [-0.15, -0.1) is 0 Å². The van der Waals surface area contributed by atoms with E-state index in [1.165, 1.54) is 6.92 Å². The van der Waals surface area contributed by atoms with Crippen molar-refractivity contribution < 1.29 is 14.3 Å². The number of carbonyl (C=O) groups is 2. The van der Waals surface area contributed by atoms with Crippen molar-refractivity contribution in [3.8, 4) is 5.75 Å². The smallest absolute Gasteiger partial charge is 0.226 e. The van der Waals surface area contributed by atoms with Gasteiger partial charge in [0.05, 0.1) is 13.0 Å². The molecule has 0 unspecified atom stereocenters. The summed E-state index contributed by atoms with van der Waals surface area (Å²) in [6.07, 6.45) is 0. The number of benzene rings is 1. The first-order chi connectivity index (χ1) is 9.10. The Labute approximate surface area is 112 Å². The highest BCUT2D eigenvalue weighted by Crippen LogP contribution is 2.16. The molecule has 5 heteroatoms. The second kappa shape index (κ2) is 5.73. The molecule has 0 radical (unpaired) electrons. The van der Waals surface area contributed by atoms with Gasteiger partial charge in [-0.2, -0.15) is 0 Å². The van der Waals surface area contributed by atoms with Crippen LogP contribution in [0.4, 0.5) is 0 Å². The molecule has 1 aliphatic rings. The Bertz CT molecular complexity index is 481. The summed E-state index contributed by atoms with van der Waals surface area (Å²) in [4.78, 5) is 24.5. The van der Waals surface area contributed by atoms with Crippen LogP contribution >= 0.6 is 0 Å². The Morgan fingerprint density at radius 2 is 2.16 bits per heavy atom. The average Bonchev–Trinajstić information content (AvgIpc) is 2.34. The highest BCUT2D eigenvalue weighted by atomic mass is 16.5. The van der Waals surface area contributed by atoms with E-state index in [4.69, 9.17) is 4.74 Å². The molecule has 1 aromatic carbocycles. The van der Waals surface area contributed by atoms with Crippen LogP contribution < -0.4 is 10.1 Å². The molecule has 0 bridgehead atoms. The quantitative estimate of drug-likeness (QED) is 0.872. The Kier molecular flexibility index (Phi) is 4.04. The van der Waals surface area contributed by atoms with Gasteiger partial charge in [-0.1, -0.05) is 12.1 Å². The molecular weight excluding hydrogens is 244 g/mol. The predicted octanol–water partition coefficient (Wildman–Crippen LogP) is 0.790. The number of likely N-dealkylation sites (tertiary alicyclic amines) is 1. The van der Waals surface area contributed by atoms with E-state index in [9.17, 15) is 9.59 Å². The number of nitrogens with one attached hydrogen (secondary N) is 1. The molecule has 102 valence electrons. The molecule has 0 spiro atoms. The second-order valence-electron chi connectivity index (χ2n) is 4.69. The number of hydrogen-bond donors (Lipinski definition) is 1. The standard InChI is InChI=1S/C14H18N2O3/c1-10(17)16-8-12(9-16)14(18)15-7-11-4-3-5-13(6-11)19-2/h3-6,12H,7-9H2,1-2H3,(H,15,18). The number of carbonyl (C=O) groups excluding carboxylic acids is 2. The van der Waals surface area contributed by atoms with Gasteiger partial charge in [0.2, 0.25) is 11.8 Å². The summed E-state index contributed by atoms with van der Waals surface area (Å²) >= 11 is 0. The number of hydrogen-bond acceptors (Lipinski definition) is 3. The Hall–Kier alpha value is -2.04. The van der Waals surface area contributed by atoms with E-state index >= 15 is 0 Å². The van der Waals surface area contributed by atoms with Crippen molar-refractivity contribution >= 4 is 11.8 Å². The van der Waals surface area contributed by atoms with E-state index < -0.39 is 0 Å². The molecule has 1 aliphatic heterocycles. The lowest BCUT2D eigenvalue weighted by atomic mass is 9.99. The molecular formula is C14H18N2O3. The van der Waals surface area contributed by atoms with E-state index in [0.717, 1.165) is 11.3 Å². The molecule has 0 aliphatic carbocycles. The van der Waals surface area contributed by atoms with E-state index in [2.05, 4.69) is 5.32 Å². The summed E-state index contributed by atoms with van der Waals surface area (Å²) in [6.45, 7) is 3.05. The summed E-state index contributed by atoms with van der Waals surface area (Å²) in [5, 5.41) is 2.88. The van der Waals surface area contributed by atoms with Crippen LogP contribution in [0.2, 0.25) is 0 Å². The van der Waals surface area contributed by atoms with Gasteiger partial charge in [0, 0.05) is 26.6 Å². The molecule has 1 fully saturated rings. The molecule has 0 aromatic heterocycles. The van der Waals surface area contributed by atoms with Crippen LogP contribution in [-0.2, 0) is 16.1 Å². The first kappa shape index (κ1) is 13.4. The zero-order valence-corrected chi connectivity index (χ0v) is 11.2. The van der Waals surface area contributed by atoms with Crippen molar-refractivity contribution in [2.75, 3.05) is 20.2 Å². The van der Waals surface area contributed by atoms with E-state index in [1.807, 2.05) is 24.3 Å². The van der Waals surface area contributed by atoms with Crippen LogP contribution in [0.15, 0.2) is 24.3 Å². The van der Waals surface area contributed by atoms with Gasteiger partial charge in [0.1, 0.15) is 5.75 Å². The molecule has 19 heavy (non-hydrogen) atoms. The molecule has 0 saturated carbocycles. The molecule has 2 amide bonds. The van der Waals surface area contributed by atoms with Gasteiger partial charge < -0.3 is 15.0 Å². The number of ether oxygens (including phenoxy) is 1. The summed E-state index contributed by atoms with van der Waals surface area (Å²) in [7, 11) is 1.61. The van der Waals surface area contributed by atoms with Crippen LogP contribution in [0.25, 0.3) is 0 Å². The molecule has 1 aromatic rings.